The number of unbranched alkanes of at least 4 members (excludes halogenated alkanes) is 2. The maximum atomic E-state index is 6.35. The van der Waals surface area contributed by atoms with E-state index in [1.807, 2.05) is 6.92 Å². The number of aryl methyl sites for hydroxylation is 1. The second-order valence-corrected chi connectivity index (χ2v) is 6.40. The molecule has 110 valence electrons. The van der Waals surface area contributed by atoms with E-state index in [2.05, 4.69) is 43.5 Å². The Morgan fingerprint density at radius 3 is 2.65 bits per heavy atom. The first-order chi connectivity index (χ1) is 9.56. The zero-order chi connectivity index (χ0) is 14.7. The maximum Gasteiger partial charge on any atom is 0.127 e. The van der Waals surface area contributed by atoms with Gasteiger partial charge in [-0.15, -0.1) is 11.6 Å². The number of benzene rings is 1. The van der Waals surface area contributed by atoms with E-state index in [1.54, 1.807) is 0 Å². The van der Waals surface area contributed by atoms with Crippen molar-refractivity contribution in [3.63, 3.8) is 0 Å². The van der Waals surface area contributed by atoms with Crippen LogP contribution >= 0.6 is 11.6 Å². The van der Waals surface area contributed by atoms with Crippen molar-refractivity contribution in [1.82, 2.24) is 9.55 Å². The minimum atomic E-state index is -0.0598. The van der Waals surface area contributed by atoms with Crippen LogP contribution in [0.5, 0.6) is 0 Å². The van der Waals surface area contributed by atoms with Crippen LogP contribution in [-0.2, 0) is 0 Å². The summed E-state index contributed by atoms with van der Waals surface area (Å²) < 4.78 is 2.34. The second-order valence-electron chi connectivity index (χ2n) is 5.74. The van der Waals surface area contributed by atoms with Gasteiger partial charge in [0.2, 0.25) is 0 Å². The molecule has 0 fully saturated rings. The maximum absolute atomic E-state index is 6.35. The molecule has 0 N–H and O–H groups in total. The summed E-state index contributed by atoms with van der Waals surface area (Å²) in [7, 11) is 0. The normalized spacial score (nSPS) is 14.7. The summed E-state index contributed by atoms with van der Waals surface area (Å²) in [5.74, 6) is 1.000. The van der Waals surface area contributed by atoms with Crippen LogP contribution in [0.25, 0.3) is 11.0 Å². The first-order valence-corrected chi connectivity index (χ1v) is 8.11. The molecular weight excluding hydrogens is 268 g/mol. The summed E-state index contributed by atoms with van der Waals surface area (Å²) in [5, 5.41) is -0.0598. The highest BCUT2D eigenvalue weighted by molar-refractivity contribution is 6.20. The molecule has 0 bridgehead atoms. The van der Waals surface area contributed by atoms with Gasteiger partial charge in [0.05, 0.1) is 16.4 Å². The van der Waals surface area contributed by atoms with Crippen molar-refractivity contribution < 1.29 is 0 Å². The van der Waals surface area contributed by atoms with E-state index in [-0.39, 0.29) is 5.38 Å². The van der Waals surface area contributed by atoms with Gasteiger partial charge in [-0.1, -0.05) is 38.3 Å². The summed E-state index contributed by atoms with van der Waals surface area (Å²) in [6.07, 6.45) is 5.00. The predicted molar refractivity (Wildman–Crippen MR) is 87.6 cm³/mol. The lowest BCUT2D eigenvalue weighted by Crippen LogP contribution is -2.10. The van der Waals surface area contributed by atoms with Crippen molar-refractivity contribution in [3.05, 3.63) is 29.6 Å². The third-order valence-electron chi connectivity index (χ3n) is 3.97. The van der Waals surface area contributed by atoms with E-state index in [0.717, 1.165) is 11.3 Å². The van der Waals surface area contributed by atoms with Gasteiger partial charge in [0.15, 0.2) is 0 Å². The van der Waals surface area contributed by atoms with Gasteiger partial charge >= 0.3 is 0 Å². The Bertz CT molecular complexity index is 572. The molecule has 20 heavy (non-hydrogen) atoms. The second kappa shape index (κ2) is 6.62. The van der Waals surface area contributed by atoms with E-state index < -0.39 is 0 Å². The highest BCUT2D eigenvalue weighted by Gasteiger charge is 2.19. The molecule has 1 aromatic heterocycles. The molecule has 0 saturated heterocycles. The van der Waals surface area contributed by atoms with Crippen molar-refractivity contribution in [2.24, 2.45) is 0 Å². The van der Waals surface area contributed by atoms with Gasteiger partial charge in [0.25, 0.3) is 0 Å². The summed E-state index contributed by atoms with van der Waals surface area (Å²) in [4.78, 5) is 4.79. The molecule has 2 atom stereocenters. The lowest BCUT2D eigenvalue weighted by molar-refractivity contribution is 0.472. The molecular formula is C17H25ClN2. The number of hydrogen-bond donors (Lipinski definition) is 0. The van der Waals surface area contributed by atoms with Crippen LogP contribution in [0.3, 0.4) is 0 Å². The molecule has 0 spiro atoms. The number of alkyl halides is 1. The highest BCUT2D eigenvalue weighted by atomic mass is 35.5. The van der Waals surface area contributed by atoms with Crippen LogP contribution in [0.15, 0.2) is 18.2 Å². The Morgan fingerprint density at radius 1 is 1.25 bits per heavy atom. The van der Waals surface area contributed by atoms with Gasteiger partial charge in [-0.2, -0.15) is 0 Å². The summed E-state index contributed by atoms with van der Waals surface area (Å²) in [5.41, 5.74) is 3.54. The molecule has 2 unspecified atom stereocenters. The van der Waals surface area contributed by atoms with E-state index in [0.29, 0.717) is 6.04 Å². The smallest absolute Gasteiger partial charge is 0.127 e. The van der Waals surface area contributed by atoms with Gasteiger partial charge in [-0.25, -0.2) is 4.98 Å². The number of aromatic nitrogens is 2. The molecule has 0 radical (unpaired) electrons. The van der Waals surface area contributed by atoms with E-state index in [1.165, 1.54) is 36.8 Å². The summed E-state index contributed by atoms with van der Waals surface area (Å²) in [6.45, 7) is 8.65. The van der Waals surface area contributed by atoms with Crippen LogP contribution in [0.4, 0.5) is 0 Å². The molecule has 1 aromatic carbocycles. The topological polar surface area (TPSA) is 17.8 Å². The molecule has 0 saturated carbocycles. The number of para-hydroxylation sites is 1. The molecule has 0 amide bonds. The third kappa shape index (κ3) is 3.01. The van der Waals surface area contributed by atoms with Crippen molar-refractivity contribution >= 4 is 22.6 Å². The zero-order valence-corrected chi connectivity index (χ0v) is 13.7. The zero-order valence-electron chi connectivity index (χ0n) is 13.0. The average molecular weight is 293 g/mol. The molecule has 3 heteroatoms. The number of hydrogen-bond acceptors (Lipinski definition) is 1. The number of nitrogens with zero attached hydrogens (tertiary/aromatic N) is 2. The average Bonchev–Trinajstić information content (AvgIpc) is 2.80. The fourth-order valence-corrected chi connectivity index (χ4v) is 2.99. The molecule has 0 aliphatic rings. The molecule has 2 rings (SSSR count). The molecule has 2 aromatic rings. The molecule has 1 heterocycles. The largest absolute Gasteiger partial charge is 0.324 e. The van der Waals surface area contributed by atoms with Crippen molar-refractivity contribution in [1.29, 1.82) is 0 Å². The monoisotopic (exact) mass is 292 g/mol. The molecule has 2 nitrogen and oxygen atoms in total. The quantitative estimate of drug-likeness (QED) is 0.487. The summed E-state index contributed by atoms with van der Waals surface area (Å²) >= 11 is 6.35. The van der Waals surface area contributed by atoms with Crippen LogP contribution in [0.1, 0.15) is 69.3 Å². The van der Waals surface area contributed by atoms with E-state index >= 15 is 0 Å². The van der Waals surface area contributed by atoms with Gasteiger partial charge < -0.3 is 4.57 Å². The highest BCUT2D eigenvalue weighted by Crippen LogP contribution is 2.31. The van der Waals surface area contributed by atoms with Gasteiger partial charge in [-0.05, 0) is 38.8 Å². The number of imidazole rings is 1. The van der Waals surface area contributed by atoms with Crippen LogP contribution in [0.2, 0.25) is 0 Å². The van der Waals surface area contributed by atoms with E-state index in [9.17, 15) is 0 Å². The number of fused-ring (bicyclic) bond motifs is 1. The Hall–Kier alpha value is -1.02. The van der Waals surface area contributed by atoms with Crippen molar-refractivity contribution in [3.8, 4) is 0 Å². The lowest BCUT2D eigenvalue weighted by Gasteiger charge is -2.18. The van der Waals surface area contributed by atoms with Gasteiger partial charge in [0, 0.05) is 6.04 Å². The standard InChI is InChI=1S/C17H25ClN2/c1-5-6-7-10-13(3)20-15-11-8-9-12(2)16(15)19-17(20)14(4)18/h8-9,11,13-14H,5-7,10H2,1-4H3. The fraction of sp³-hybridized carbons (Fsp3) is 0.588. The first-order valence-electron chi connectivity index (χ1n) is 7.67. The van der Waals surface area contributed by atoms with Crippen molar-refractivity contribution in [2.75, 3.05) is 0 Å². The minimum Gasteiger partial charge on any atom is -0.324 e. The van der Waals surface area contributed by atoms with Crippen molar-refractivity contribution in [2.45, 2.75) is 64.8 Å². The Labute approximate surface area is 127 Å². The third-order valence-corrected chi connectivity index (χ3v) is 4.17. The Balaban J connectivity index is 2.43. The van der Waals surface area contributed by atoms with Crippen LogP contribution < -0.4 is 0 Å². The fourth-order valence-electron chi connectivity index (χ4n) is 2.84. The predicted octanol–water partition coefficient (Wildman–Crippen LogP) is 5.79. The van der Waals surface area contributed by atoms with Gasteiger partial charge in [-0.3, -0.25) is 0 Å². The van der Waals surface area contributed by atoms with E-state index in [4.69, 9.17) is 16.6 Å². The summed E-state index contributed by atoms with van der Waals surface area (Å²) in [6, 6.07) is 6.83. The minimum absolute atomic E-state index is 0.0598. The van der Waals surface area contributed by atoms with Crippen LogP contribution in [0, 0.1) is 6.92 Å². The Morgan fingerprint density at radius 2 is 2.00 bits per heavy atom. The number of halogens is 1. The van der Waals surface area contributed by atoms with Crippen LogP contribution in [-0.4, -0.2) is 9.55 Å². The SMILES string of the molecule is CCCCCC(C)n1c(C(C)Cl)nc2c(C)cccc21. The molecule has 0 aliphatic carbocycles. The number of rotatable bonds is 6. The lowest BCUT2D eigenvalue weighted by atomic mass is 10.1. The molecule has 0 aliphatic heterocycles. The Kier molecular flexibility index (Phi) is 5.09. The van der Waals surface area contributed by atoms with Gasteiger partial charge in [0.1, 0.15) is 5.82 Å². The first kappa shape index (κ1) is 15.4.